The van der Waals surface area contributed by atoms with Crippen LogP contribution >= 0.6 is 0 Å². The van der Waals surface area contributed by atoms with Gasteiger partial charge in [0.2, 0.25) is 10.0 Å². The SMILES string of the molecule is NS(=O)(=O)c1ccccc1-c1ccc2[nH]c(/C=C/c3ccc4ccccc4c3)nc2c1. The van der Waals surface area contributed by atoms with Crippen molar-refractivity contribution in [2.75, 3.05) is 0 Å². The molecule has 0 atom stereocenters. The highest BCUT2D eigenvalue weighted by Crippen LogP contribution is 2.29. The number of aromatic nitrogens is 2. The molecule has 0 radical (unpaired) electrons. The van der Waals surface area contributed by atoms with Gasteiger partial charge >= 0.3 is 0 Å². The van der Waals surface area contributed by atoms with E-state index in [-0.39, 0.29) is 4.90 Å². The minimum absolute atomic E-state index is 0.0984. The van der Waals surface area contributed by atoms with Gasteiger partial charge in [0, 0.05) is 5.56 Å². The zero-order valence-electron chi connectivity index (χ0n) is 16.5. The van der Waals surface area contributed by atoms with Crippen LogP contribution in [0.3, 0.4) is 0 Å². The maximum Gasteiger partial charge on any atom is 0.238 e. The first-order chi connectivity index (χ1) is 15.0. The molecule has 0 unspecified atom stereocenters. The molecule has 6 heteroatoms. The molecule has 1 heterocycles. The number of rotatable bonds is 4. The summed E-state index contributed by atoms with van der Waals surface area (Å²) in [5.41, 5.74) is 4.01. The molecule has 0 spiro atoms. The van der Waals surface area contributed by atoms with Crippen molar-refractivity contribution in [1.82, 2.24) is 9.97 Å². The summed E-state index contributed by atoms with van der Waals surface area (Å²) < 4.78 is 23.9. The van der Waals surface area contributed by atoms with Gasteiger partial charge in [0.25, 0.3) is 0 Å². The average Bonchev–Trinajstić information content (AvgIpc) is 3.19. The van der Waals surface area contributed by atoms with Crippen molar-refractivity contribution in [3.63, 3.8) is 0 Å². The molecule has 0 saturated carbocycles. The van der Waals surface area contributed by atoms with Crippen molar-refractivity contribution in [3.05, 3.63) is 96.3 Å². The Hall–Kier alpha value is -3.74. The predicted octanol–water partition coefficient (Wildman–Crippen LogP) is 5.20. The fourth-order valence-electron chi connectivity index (χ4n) is 3.71. The van der Waals surface area contributed by atoms with Gasteiger partial charge in [-0.05, 0) is 52.2 Å². The van der Waals surface area contributed by atoms with Crippen molar-refractivity contribution in [1.29, 1.82) is 0 Å². The summed E-state index contributed by atoms with van der Waals surface area (Å²) in [7, 11) is -3.82. The predicted molar refractivity (Wildman–Crippen MR) is 126 cm³/mol. The van der Waals surface area contributed by atoms with Crippen molar-refractivity contribution in [2.24, 2.45) is 5.14 Å². The van der Waals surface area contributed by atoms with Gasteiger partial charge in [-0.3, -0.25) is 0 Å². The normalized spacial score (nSPS) is 12.2. The molecule has 3 N–H and O–H groups in total. The van der Waals surface area contributed by atoms with Crippen LogP contribution in [0.5, 0.6) is 0 Å². The highest BCUT2D eigenvalue weighted by Gasteiger charge is 2.15. The van der Waals surface area contributed by atoms with Crippen LogP contribution < -0.4 is 5.14 Å². The number of hydrogen-bond donors (Lipinski definition) is 2. The van der Waals surface area contributed by atoms with E-state index in [0.29, 0.717) is 5.56 Å². The molecule has 0 amide bonds. The number of sulfonamides is 1. The zero-order valence-corrected chi connectivity index (χ0v) is 17.3. The van der Waals surface area contributed by atoms with Crippen molar-refractivity contribution in [3.8, 4) is 11.1 Å². The Bertz CT molecular complexity index is 1570. The molecule has 0 aliphatic rings. The molecule has 5 rings (SSSR count). The summed E-state index contributed by atoms with van der Waals surface area (Å²) in [6, 6.07) is 26.9. The lowest BCUT2D eigenvalue weighted by Gasteiger charge is -2.07. The van der Waals surface area contributed by atoms with E-state index in [1.165, 1.54) is 16.8 Å². The Labute approximate surface area is 179 Å². The standard InChI is InChI=1S/C25H19N3O2S/c26-31(29,30)24-8-4-3-7-21(24)20-12-13-22-23(16-20)28-25(27-22)14-10-17-9-11-18-5-1-2-6-19(18)15-17/h1-16H,(H,27,28)(H2,26,29,30)/b14-10+. The Balaban J connectivity index is 1.49. The Kier molecular flexibility index (Phi) is 4.66. The lowest BCUT2D eigenvalue weighted by Crippen LogP contribution is -2.13. The Morgan fingerprint density at radius 3 is 2.42 bits per heavy atom. The number of nitrogens with one attached hydrogen (secondary N) is 1. The maximum atomic E-state index is 11.9. The van der Waals surface area contributed by atoms with Crippen molar-refractivity contribution in [2.45, 2.75) is 4.90 Å². The molecule has 4 aromatic carbocycles. The van der Waals surface area contributed by atoms with E-state index in [1.807, 2.05) is 42.5 Å². The largest absolute Gasteiger partial charge is 0.338 e. The van der Waals surface area contributed by atoms with E-state index in [9.17, 15) is 8.42 Å². The smallest absolute Gasteiger partial charge is 0.238 e. The maximum absolute atomic E-state index is 11.9. The molecule has 0 bridgehead atoms. The van der Waals surface area contributed by atoms with Gasteiger partial charge in [-0.25, -0.2) is 18.5 Å². The molecule has 0 aliphatic carbocycles. The Morgan fingerprint density at radius 2 is 1.58 bits per heavy atom. The molecule has 31 heavy (non-hydrogen) atoms. The van der Waals surface area contributed by atoms with Gasteiger partial charge in [0.15, 0.2) is 0 Å². The van der Waals surface area contributed by atoms with Gasteiger partial charge in [0.05, 0.1) is 15.9 Å². The van der Waals surface area contributed by atoms with E-state index in [2.05, 4.69) is 40.3 Å². The van der Waals surface area contributed by atoms with E-state index in [1.54, 1.807) is 18.2 Å². The number of H-pyrrole nitrogens is 1. The zero-order chi connectivity index (χ0) is 21.4. The van der Waals surface area contributed by atoms with Crippen LogP contribution in [0.2, 0.25) is 0 Å². The fourth-order valence-corrected chi connectivity index (χ4v) is 4.47. The van der Waals surface area contributed by atoms with E-state index in [0.717, 1.165) is 28.0 Å². The number of fused-ring (bicyclic) bond motifs is 2. The summed E-state index contributed by atoms with van der Waals surface area (Å²) >= 11 is 0. The second-order valence-electron chi connectivity index (χ2n) is 7.34. The lowest BCUT2D eigenvalue weighted by molar-refractivity contribution is 0.598. The first-order valence-corrected chi connectivity index (χ1v) is 11.3. The van der Waals surface area contributed by atoms with Gasteiger partial charge in [-0.1, -0.05) is 66.7 Å². The molecular weight excluding hydrogens is 406 g/mol. The van der Waals surface area contributed by atoms with Gasteiger partial charge in [0.1, 0.15) is 5.82 Å². The summed E-state index contributed by atoms with van der Waals surface area (Å²) in [4.78, 5) is 8.03. The van der Waals surface area contributed by atoms with Crippen molar-refractivity contribution >= 4 is 44.0 Å². The fraction of sp³-hybridized carbons (Fsp3) is 0. The Morgan fingerprint density at radius 1 is 0.806 bits per heavy atom. The molecule has 5 aromatic rings. The third kappa shape index (κ3) is 3.86. The average molecular weight is 426 g/mol. The number of aromatic amines is 1. The number of benzene rings is 4. The molecule has 0 aliphatic heterocycles. The lowest BCUT2D eigenvalue weighted by atomic mass is 10.1. The first-order valence-electron chi connectivity index (χ1n) is 9.76. The third-order valence-corrected chi connectivity index (χ3v) is 6.18. The second kappa shape index (κ2) is 7.50. The molecule has 5 nitrogen and oxygen atoms in total. The van der Waals surface area contributed by atoms with Crippen LogP contribution in [0.1, 0.15) is 11.4 Å². The highest BCUT2D eigenvalue weighted by molar-refractivity contribution is 7.89. The molecule has 0 saturated heterocycles. The topological polar surface area (TPSA) is 88.8 Å². The summed E-state index contributed by atoms with van der Waals surface area (Å²) in [6.45, 7) is 0. The van der Waals surface area contributed by atoms with Gasteiger partial charge in [-0.15, -0.1) is 0 Å². The number of nitrogens with two attached hydrogens (primary N) is 1. The van der Waals surface area contributed by atoms with Crippen LogP contribution in [0.25, 0.3) is 45.1 Å². The second-order valence-corrected chi connectivity index (χ2v) is 8.86. The summed E-state index contributed by atoms with van der Waals surface area (Å²) in [6.07, 6.45) is 3.95. The monoisotopic (exact) mass is 425 g/mol. The van der Waals surface area contributed by atoms with Crippen LogP contribution in [0.15, 0.2) is 89.8 Å². The van der Waals surface area contributed by atoms with Crippen molar-refractivity contribution < 1.29 is 8.42 Å². The van der Waals surface area contributed by atoms with E-state index < -0.39 is 10.0 Å². The van der Waals surface area contributed by atoms with Crippen LogP contribution in [0, 0.1) is 0 Å². The number of primary sulfonamides is 1. The number of nitrogens with zero attached hydrogens (tertiary/aromatic N) is 1. The van der Waals surface area contributed by atoms with Gasteiger partial charge < -0.3 is 4.98 Å². The third-order valence-electron chi connectivity index (χ3n) is 5.21. The highest BCUT2D eigenvalue weighted by atomic mass is 32.2. The number of hydrogen-bond acceptors (Lipinski definition) is 3. The van der Waals surface area contributed by atoms with Crippen LogP contribution in [0.4, 0.5) is 0 Å². The molecular formula is C25H19N3O2S. The minimum atomic E-state index is -3.82. The quantitative estimate of drug-likeness (QED) is 0.415. The van der Waals surface area contributed by atoms with E-state index >= 15 is 0 Å². The van der Waals surface area contributed by atoms with E-state index in [4.69, 9.17) is 5.14 Å². The van der Waals surface area contributed by atoms with Gasteiger partial charge in [-0.2, -0.15) is 0 Å². The van der Waals surface area contributed by atoms with Crippen LogP contribution in [-0.2, 0) is 10.0 Å². The summed E-state index contributed by atoms with van der Waals surface area (Å²) in [5.74, 6) is 0.722. The number of imidazole rings is 1. The molecule has 0 fully saturated rings. The summed E-state index contributed by atoms with van der Waals surface area (Å²) in [5, 5.41) is 7.77. The minimum Gasteiger partial charge on any atom is -0.338 e. The molecule has 152 valence electrons. The van der Waals surface area contributed by atoms with Crippen LogP contribution in [-0.4, -0.2) is 18.4 Å². The molecule has 1 aromatic heterocycles. The first kappa shape index (κ1) is 19.2.